The van der Waals surface area contributed by atoms with E-state index in [1.165, 1.54) is 6.20 Å². The summed E-state index contributed by atoms with van der Waals surface area (Å²) in [6, 6.07) is -0.245. The Morgan fingerprint density at radius 1 is 1.56 bits per heavy atom. The van der Waals surface area contributed by atoms with Crippen LogP contribution >= 0.6 is 0 Å². The second-order valence-electron chi connectivity index (χ2n) is 3.94. The van der Waals surface area contributed by atoms with Crippen molar-refractivity contribution in [2.45, 2.75) is 31.0 Å². The van der Waals surface area contributed by atoms with Crippen molar-refractivity contribution in [2.75, 3.05) is 20.8 Å². The Morgan fingerprint density at radius 3 is 2.83 bits per heavy atom. The molecular weight excluding hydrogens is 256 g/mol. The molecule has 1 aromatic heterocycles. The smallest absolute Gasteiger partial charge is 0.258 e. The van der Waals surface area contributed by atoms with Crippen molar-refractivity contribution >= 4 is 10.0 Å². The average molecular weight is 276 g/mol. The standard InChI is InChI=1S/C10H20N4O3S/c1-4-9(7-17-3)14-18(15,16)10-8(5-11-2)6-12-13-10/h6,9,11,14H,4-5,7H2,1-3H3,(H,12,13). The fraction of sp³-hybridized carbons (Fsp3) is 0.700. The van der Waals surface area contributed by atoms with Gasteiger partial charge in [-0.3, -0.25) is 5.10 Å². The summed E-state index contributed by atoms with van der Waals surface area (Å²) in [7, 11) is -0.303. The van der Waals surface area contributed by atoms with E-state index in [1.54, 1.807) is 14.2 Å². The Bertz CT molecular complexity index is 457. The number of sulfonamides is 1. The van der Waals surface area contributed by atoms with Gasteiger partial charge < -0.3 is 10.1 Å². The molecule has 0 aliphatic heterocycles. The minimum atomic E-state index is -3.59. The van der Waals surface area contributed by atoms with E-state index in [9.17, 15) is 8.42 Å². The van der Waals surface area contributed by atoms with Crippen LogP contribution in [0.5, 0.6) is 0 Å². The molecule has 0 radical (unpaired) electrons. The van der Waals surface area contributed by atoms with Crippen molar-refractivity contribution in [3.05, 3.63) is 11.8 Å². The van der Waals surface area contributed by atoms with Gasteiger partial charge in [0.1, 0.15) is 0 Å². The van der Waals surface area contributed by atoms with Crippen LogP contribution in [0.15, 0.2) is 11.2 Å². The second kappa shape index (κ2) is 6.83. The van der Waals surface area contributed by atoms with Crippen LogP contribution in [-0.4, -0.2) is 45.4 Å². The first kappa shape index (κ1) is 15.1. The summed E-state index contributed by atoms with van der Waals surface area (Å²) in [5.74, 6) is 0. The molecule has 104 valence electrons. The molecule has 0 spiro atoms. The quantitative estimate of drug-likeness (QED) is 0.613. The number of aromatic nitrogens is 2. The number of H-pyrrole nitrogens is 1. The summed E-state index contributed by atoms with van der Waals surface area (Å²) in [5, 5.41) is 9.29. The largest absolute Gasteiger partial charge is 0.383 e. The van der Waals surface area contributed by atoms with E-state index in [4.69, 9.17) is 4.74 Å². The van der Waals surface area contributed by atoms with Crippen LogP contribution in [0.2, 0.25) is 0 Å². The fourth-order valence-corrected chi connectivity index (χ4v) is 3.00. The predicted molar refractivity (Wildman–Crippen MR) is 67.6 cm³/mol. The van der Waals surface area contributed by atoms with Crippen molar-refractivity contribution in [1.82, 2.24) is 20.2 Å². The lowest BCUT2D eigenvalue weighted by molar-refractivity contribution is 0.173. The van der Waals surface area contributed by atoms with Crippen molar-refractivity contribution in [2.24, 2.45) is 0 Å². The summed E-state index contributed by atoms with van der Waals surface area (Å²) in [6.45, 7) is 2.67. The fourth-order valence-electron chi connectivity index (χ4n) is 1.56. The Morgan fingerprint density at radius 2 is 2.28 bits per heavy atom. The van der Waals surface area contributed by atoms with E-state index in [1.807, 2.05) is 6.92 Å². The zero-order chi connectivity index (χ0) is 13.6. The van der Waals surface area contributed by atoms with Gasteiger partial charge in [0.05, 0.1) is 12.8 Å². The maximum atomic E-state index is 12.2. The lowest BCUT2D eigenvalue weighted by atomic mass is 10.3. The average Bonchev–Trinajstić information content (AvgIpc) is 2.78. The van der Waals surface area contributed by atoms with Crippen molar-refractivity contribution < 1.29 is 13.2 Å². The summed E-state index contributed by atoms with van der Waals surface area (Å²) in [5.41, 5.74) is 0.609. The summed E-state index contributed by atoms with van der Waals surface area (Å²) < 4.78 is 31.9. The summed E-state index contributed by atoms with van der Waals surface area (Å²) >= 11 is 0. The van der Waals surface area contributed by atoms with E-state index in [-0.39, 0.29) is 11.1 Å². The highest BCUT2D eigenvalue weighted by molar-refractivity contribution is 7.89. The molecule has 1 rings (SSSR count). The molecule has 0 aliphatic carbocycles. The number of methoxy groups -OCH3 is 1. The third-order valence-corrected chi connectivity index (χ3v) is 4.03. The van der Waals surface area contributed by atoms with Crippen molar-refractivity contribution in [1.29, 1.82) is 0 Å². The van der Waals surface area contributed by atoms with Crippen LogP contribution in [0.3, 0.4) is 0 Å². The lowest BCUT2D eigenvalue weighted by Gasteiger charge is -2.15. The van der Waals surface area contributed by atoms with Gasteiger partial charge in [0.25, 0.3) is 10.0 Å². The van der Waals surface area contributed by atoms with E-state index < -0.39 is 10.0 Å². The molecule has 1 aromatic rings. The number of hydrogen-bond donors (Lipinski definition) is 3. The van der Waals surface area contributed by atoms with Gasteiger partial charge in [-0.15, -0.1) is 0 Å². The number of aromatic amines is 1. The Kier molecular flexibility index (Phi) is 5.73. The number of hydrogen-bond acceptors (Lipinski definition) is 5. The molecule has 0 fully saturated rings. The molecule has 0 saturated heterocycles. The highest BCUT2D eigenvalue weighted by Crippen LogP contribution is 2.12. The molecule has 0 aliphatic rings. The third-order valence-electron chi connectivity index (χ3n) is 2.50. The molecular formula is C10H20N4O3S. The molecule has 0 amide bonds. The van der Waals surface area contributed by atoms with Crippen LogP contribution in [-0.2, 0) is 21.3 Å². The monoisotopic (exact) mass is 276 g/mol. The normalized spacial score (nSPS) is 13.7. The molecule has 8 heteroatoms. The van der Waals surface area contributed by atoms with Gasteiger partial charge in [-0.05, 0) is 13.5 Å². The third kappa shape index (κ3) is 3.77. The Labute approximate surface area is 107 Å². The highest BCUT2D eigenvalue weighted by atomic mass is 32.2. The van der Waals surface area contributed by atoms with Gasteiger partial charge in [-0.25, -0.2) is 13.1 Å². The van der Waals surface area contributed by atoms with Gasteiger partial charge in [0.2, 0.25) is 0 Å². The van der Waals surface area contributed by atoms with Gasteiger partial charge in [-0.2, -0.15) is 5.10 Å². The molecule has 1 atom stereocenters. The predicted octanol–water partition coefficient (Wildman–Crippen LogP) is -0.168. The number of rotatable bonds is 8. The first-order valence-electron chi connectivity index (χ1n) is 5.73. The zero-order valence-corrected chi connectivity index (χ0v) is 11.7. The van der Waals surface area contributed by atoms with E-state index in [0.717, 1.165) is 0 Å². The molecule has 7 nitrogen and oxygen atoms in total. The van der Waals surface area contributed by atoms with Crippen molar-refractivity contribution in [3.63, 3.8) is 0 Å². The number of nitrogens with zero attached hydrogens (tertiary/aromatic N) is 1. The number of ether oxygens (including phenoxy) is 1. The SMILES string of the molecule is CCC(COC)NS(=O)(=O)c1[nH]ncc1CNC. The second-order valence-corrected chi connectivity index (χ2v) is 5.59. The van der Waals surface area contributed by atoms with E-state index in [0.29, 0.717) is 25.1 Å². The molecule has 3 N–H and O–H groups in total. The first-order valence-corrected chi connectivity index (χ1v) is 7.21. The molecule has 18 heavy (non-hydrogen) atoms. The van der Waals surface area contributed by atoms with Crippen LogP contribution in [0, 0.1) is 0 Å². The molecule has 0 bridgehead atoms. The topological polar surface area (TPSA) is 96.1 Å². The Balaban J connectivity index is 2.88. The summed E-state index contributed by atoms with van der Waals surface area (Å²) in [6.07, 6.45) is 2.16. The Hall–Kier alpha value is -0.960. The maximum absolute atomic E-state index is 12.2. The van der Waals surface area contributed by atoms with Gasteiger partial charge in [-0.1, -0.05) is 6.92 Å². The maximum Gasteiger partial charge on any atom is 0.258 e. The van der Waals surface area contributed by atoms with Crippen LogP contribution in [0.25, 0.3) is 0 Å². The van der Waals surface area contributed by atoms with Gasteiger partial charge in [0, 0.05) is 25.3 Å². The molecule has 0 aromatic carbocycles. The first-order chi connectivity index (χ1) is 8.55. The van der Waals surface area contributed by atoms with Gasteiger partial charge >= 0.3 is 0 Å². The zero-order valence-electron chi connectivity index (χ0n) is 10.9. The highest BCUT2D eigenvalue weighted by Gasteiger charge is 2.23. The van der Waals surface area contributed by atoms with E-state index >= 15 is 0 Å². The molecule has 1 heterocycles. The molecule has 0 saturated carbocycles. The lowest BCUT2D eigenvalue weighted by Crippen LogP contribution is -2.38. The van der Waals surface area contributed by atoms with Crippen LogP contribution < -0.4 is 10.0 Å². The van der Waals surface area contributed by atoms with Crippen LogP contribution in [0.4, 0.5) is 0 Å². The summed E-state index contributed by atoms with van der Waals surface area (Å²) in [4.78, 5) is 0. The van der Waals surface area contributed by atoms with Crippen molar-refractivity contribution in [3.8, 4) is 0 Å². The minimum absolute atomic E-state index is 0.103. The van der Waals surface area contributed by atoms with E-state index in [2.05, 4.69) is 20.2 Å². The van der Waals surface area contributed by atoms with Gasteiger partial charge in [0.15, 0.2) is 5.03 Å². The minimum Gasteiger partial charge on any atom is -0.383 e. The molecule has 1 unspecified atom stereocenters. The van der Waals surface area contributed by atoms with Crippen LogP contribution in [0.1, 0.15) is 18.9 Å². The number of nitrogens with one attached hydrogen (secondary N) is 3.